The van der Waals surface area contributed by atoms with Crippen LogP contribution in [-0.4, -0.2) is 73.7 Å². The zero-order chi connectivity index (χ0) is 19.8. The summed E-state index contributed by atoms with van der Waals surface area (Å²) in [6, 6.07) is 9.33. The first-order valence-corrected chi connectivity index (χ1v) is 9.67. The molecule has 1 aliphatic rings. The average molecular weight is 384 g/mol. The molecule has 0 atom stereocenters. The fraction of sp³-hybridized carbons (Fsp3) is 0.429. The Labute approximate surface area is 166 Å². The van der Waals surface area contributed by atoms with Crippen molar-refractivity contribution in [2.24, 2.45) is 0 Å². The Bertz CT molecular complexity index is 759. The number of piperazine rings is 1. The van der Waals surface area contributed by atoms with E-state index in [1.54, 1.807) is 19.5 Å². The molecule has 0 bridgehead atoms. The Morgan fingerprint density at radius 1 is 1.11 bits per heavy atom. The van der Waals surface area contributed by atoms with Crippen LogP contribution in [0.2, 0.25) is 0 Å². The lowest BCUT2D eigenvalue weighted by atomic mass is 10.2. The van der Waals surface area contributed by atoms with Gasteiger partial charge >= 0.3 is 0 Å². The van der Waals surface area contributed by atoms with Crippen molar-refractivity contribution in [1.29, 1.82) is 0 Å². The van der Waals surface area contributed by atoms with E-state index in [9.17, 15) is 4.79 Å². The number of hydrogen-bond donors (Lipinski definition) is 1. The standard InChI is InChI=1S/C21H28N4O3/c1-3-24-9-11-25(12-10-24)21(26)17-14-18(16-22-15-17)23-8-13-28-20-6-4-19(27-2)5-7-20/h4-7,14-16,23H,3,8-13H2,1-2H3. The summed E-state index contributed by atoms with van der Waals surface area (Å²) in [5.74, 6) is 1.63. The second-order valence-corrected chi connectivity index (χ2v) is 6.64. The van der Waals surface area contributed by atoms with Crippen LogP contribution in [0, 0.1) is 0 Å². The van der Waals surface area contributed by atoms with Crippen LogP contribution in [0.1, 0.15) is 17.3 Å². The van der Waals surface area contributed by atoms with Crippen LogP contribution >= 0.6 is 0 Å². The number of likely N-dealkylation sites (N-methyl/N-ethyl adjacent to an activating group) is 1. The molecule has 1 amide bonds. The fourth-order valence-corrected chi connectivity index (χ4v) is 3.14. The fourth-order valence-electron chi connectivity index (χ4n) is 3.14. The van der Waals surface area contributed by atoms with Gasteiger partial charge in [-0.25, -0.2) is 0 Å². The number of benzene rings is 1. The second kappa shape index (κ2) is 9.94. The Morgan fingerprint density at radius 3 is 2.50 bits per heavy atom. The SMILES string of the molecule is CCN1CCN(C(=O)c2cncc(NCCOc3ccc(OC)cc3)c2)CC1. The lowest BCUT2D eigenvalue weighted by molar-refractivity contribution is 0.0643. The number of ether oxygens (including phenoxy) is 2. The first kappa shape index (κ1) is 19.9. The Kier molecular flexibility index (Phi) is 7.08. The van der Waals surface area contributed by atoms with Crippen LogP contribution in [0.15, 0.2) is 42.7 Å². The molecule has 0 radical (unpaired) electrons. The van der Waals surface area contributed by atoms with E-state index in [0.717, 1.165) is 49.9 Å². The highest BCUT2D eigenvalue weighted by Crippen LogP contribution is 2.17. The van der Waals surface area contributed by atoms with Crippen molar-refractivity contribution >= 4 is 11.6 Å². The van der Waals surface area contributed by atoms with Gasteiger partial charge < -0.3 is 24.6 Å². The molecule has 0 unspecified atom stereocenters. The van der Waals surface area contributed by atoms with Gasteiger partial charge in [0.2, 0.25) is 0 Å². The average Bonchev–Trinajstić information content (AvgIpc) is 2.77. The Hall–Kier alpha value is -2.80. The number of carbonyl (C=O) groups excluding carboxylic acids is 1. The van der Waals surface area contributed by atoms with Crippen LogP contribution in [0.5, 0.6) is 11.5 Å². The molecule has 2 aromatic rings. The van der Waals surface area contributed by atoms with Gasteiger partial charge in [0.05, 0.1) is 18.4 Å². The maximum atomic E-state index is 12.7. The third-order valence-electron chi connectivity index (χ3n) is 4.85. The molecule has 0 aliphatic carbocycles. The first-order chi connectivity index (χ1) is 13.7. The summed E-state index contributed by atoms with van der Waals surface area (Å²) in [5, 5.41) is 3.26. The number of nitrogens with zero attached hydrogens (tertiary/aromatic N) is 3. The third kappa shape index (κ3) is 5.36. The maximum Gasteiger partial charge on any atom is 0.255 e. The van der Waals surface area contributed by atoms with Gasteiger partial charge in [0.25, 0.3) is 5.91 Å². The monoisotopic (exact) mass is 384 g/mol. The second-order valence-electron chi connectivity index (χ2n) is 6.64. The summed E-state index contributed by atoms with van der Waals surface area (Å²) in [4.78, 5) is 21.2. The molecule has 1 aromatic heterocycles. The van der Waals surface area contributed by atoms with Gasteiger partial charge in [0, 0.05) is 45.1 Å². The van der Waals surface area contributed by atoms with Crippen molar-refractivity contribution in [2.75, 3.05) is 58.3 Å². The predicted molar refractivity (Wildman–Crippen MR) is 109 cm³/mol. The quantitative estimate of drug-likeness (QED) is 0.705. The number of hydrogen-bond acceptors (Lipinski definition) is 6. The zero-order valence-corrected chi connectivity index (χ0v) is 16.6. The molecule has 1 N–H and O–H groups in total. The minimum absolute atomic E-state index is 0.0429. The number of carbonyl (C=O) groups is 1. The van der Waals surface area contributed by atoms with Crippen molar-refractivity contribution in [3.8, 4) is 11.5 Å². The summed E-state index contributed by atoms with van der Waals surface area (Å²) in [6.07, 6.45) is 3.35. The normalized spacial score (nSPS) is 14.6. The minimum Gasteiger partial charge on any atom is -0.497 e. The van der Waals surface area contributed by atoms with Crippen molar-refractivity contribution in [3.63, 3.8) is 0 Å². The molecule has 150 valence electrons. The molecule has 1 fully saturated rings. The van der Waals surface area contributed by atoms with E-state index in [4.69, 9.17) is 9.47 Å². The van der Waals surface area contributed by atoms with Crippen molar-refractivity contribution in [1.82, 2.24) is 14.8 Å². The van der Waals surface area contributed by atoms with E-state index < -0.39 is 0 Å². The molecule has 1 saturated heterocycles. The summed E-state index contributed by atoms with van der Waals surface area (Å²) >= 11 is 0. The number of pyridine rings is 1. The molecule has 1 aliphatic heterocycles. The van der Waals surface area contributed by atoms with Gasteiger partial charge in [-0.1, -0.05) is 6.92 Å². The lowest BCUT2D eigenvalue weighted by Crippen LogP contribution is -2.48. The predicted octanol–water partition coefficient (Wildman–Crippen LogP) is 2.36. The number of rotatable bonds is 8. The van der Waals surface area contributed by atoms with Crippen molar-refractivity contribution < 1.29 is 14.3 Å². The summed E-state index contributed by atoms with van der Waals surface area (Å²) in [5.41, 5.74) is 1.43. The minimum atomic E-state index is 0.0429. The van der Waals surface area contributed by atoms with E-state index in [1.807, 2.05) is 35.2 Å². The number of nitrogens with one attached hydrogen (secondary N) is 1. The number of aromatic nitrogens is 1. The Balaban J connectivity index is 1.47. The van der Waals surface area contributed by atoms with Crippen LogP contribution in [0.4, 0.5) is 5.69 Å². The molecular formula is C21H28N4O3. The van der Waals surface area contributed by atoms with Gasteiger partial charge in [-0.3, -0.25) is 9.78 Å². The molecule has 0 saturated carbocycles. The Morgan fingerprint density at radius 2 is 1.82 bits per heavy atom. The third-order valence-corrected chi connectivity index (χ3v) is 4.85. The number of amides is 1. The van der Waals surface area contributed by atoms with E-state index in [2.05, 4.69) is 22.1 Å². The number of methoxy groups -OCH3 is 1. The smallest absolute Gasteiger partial charge is 0.255 e. The zero-order valence-electron chi connectivity index (χ0n) is 16.6. The van der Waals surface area contributed by atoms with Crippen molar-refractivity contribution in [2.45, 2.75) is 6.92 Å². The highest BCUT2D eigenvalue weighted by Gasteiger charge is 2.21. The maximum absolute atomic E-state index is 12.7. The van der Waals surface area contributed by atoms with Gasteiger partial charge in [-0.2, -0.15) is 0 Å². The molecule has 7 nitrogen and oxygen atoms in total. The molecule has 2 heterocycles. The number of anilines is 1. The van der Waals surface area contributed by atoms with Crippen LogP contribution in [0.3, 0.4) is 0 Å². The molecule has 28 heavy (non-hydrogen) atoms. The summed E-state index contributed by atoms with van der Waals surface area (Å²) in [6.45, 7) is 7.67. The van der Waals surface area contributed by atoms with Crippen LogP contribution in [-0.2, 0) is 0 Å². The molecular weight excluding hydrogens is 356 g/mol. The molecule has 7 heteroatoms. The largest absolute Gasteiger partial charge is 0.497 e. The van der Waals surface area contributed by atoms with Gasteiger partial charge in [0.15, 0.2) is 0 Å². The topological polar surface area (TPSA) is 66.9 Å². The van der Waals surface area contributed by atoms with E-state index in [-0.39, 0.29) is 5.91 Å². The summed E-state index contributed by atoms with van der Waals surface area (Å²) in [7, 11) is 1.64. The van der Waals surface area contributed by atoms with Gasteiger partial charge in [-0.15, -0.1) is 0 Å². The van der Waals surface area contributed by atoms with Crippen molar-refractivity contribution in [3.05, 3.63) is 48.3 Å². The van der Waals surface area contributed by atoms with Crippen LogP contribution < -0.4 is 14.8 Å². The van der Waals surface area contributed by atoms with E-state index in [1.165, 1.54) is 0 Å². The van der Waals surface area contributed by atoms with Gasteiger partial charge in [0.1, 0.15) is 18.1 Å². The molecule has 0 spiro atoms. The first-order valence-electron chi connectivity index (χ1n) is 9.67. The highest BCUT2D eigenvalue weighted by atomic mass is 16.5. The van der Waals surface area contributed by atoms with E-state index >= 15 is 0 Å². The lowest BCUT2D eigenvalue weighted by Gasteiger charge is -2.34. The van der Waals surface area contributed by atoms with Crippen LogP contribution in [0.25, 0.3) is 0 Å². The highest BCUT2D eigenvalue weighted by molar-refractivity contribution is 5.94. The molecule has 1 aromatic carbocycles. The van der Waals surface area contributed by atoms with E-state index in [0.29, 0.717) is 18.7 Å². The summed E-state index contributed by atoms with van der Waals surface area (Å²) < 4.78 is 10.8. The van der Waals surface area contributed by atoms with Gasteiger partial charge in [-0.05, 0) is 36.9 Å². The molecule has 3 rings (SSSR count).